The van der Waals surface area contributed by atoms with Crippen LogP contribution in [0.15, 0.2) is 48.5 Å². The molecule has 1 aliphatic heterocycles. The molecule has 26 heavy (non-hydrogen) atoms. The summed E-state index contributed by atoms with van der Waals surface area (Å²) in [6, 6.07) is 14.8. The molecule has 0 saturated carbocycles. The molecule has 6 heteroatoms. The summed E-state index contributed by atoms with van der Waals surface area (Å²) < 4.78 is 5.96. The van der Waals surface area contributed by atoms with Gasteiger partial charge in [-0.3, -0.25) is 14.8 Å². The molecular formula is C20H22N2O4. The summed E-state index contributed by atoms with van der Waals surface area (Å²) in [5.41, 5.74) is 2.97. The molecule has 136 valence electrons. The maximum absolute atomic E-state index is 13.0. The van der Waals surface area contributed by atoms with Gasteiger partial charge >= 0.3 is 0 Å². The SMILES string of the molecule is O=C(CCCCCCN1C(=O)c2ccccc2Oc2ccccc21)NO. The number of hydrogen-bond donors (Lipinski definition) is 2. The normalized spacial score (nSPS) is 12.7. The number of carbonyl (C=O) groups excluding carboxylic acids is 2. The molecule has 2 aromatic rings. The van der Waals surface area contributed by atoms with Crippen molar-refractivity contribution < 1.29 is 19.5 Å². The summed E-state index contributed by atoms with van der Waals surface area (Å²) in [4.78, 5) is 25.8. The molecule has 2 aromatic carbocycles. The Balaban J connectivity index is 1.67. The van der Waals surface area contributed by atoms with Gasteiger partial charge in [0.1, 0.15) is 5.75 Å². The predicted octanol–water partition coefficient (Wildman–Crippen LogP) is 3.90. The number of benzene rings is 2. The van der Waals surface area contributed by atoms with Gasteiger partial charge in [0.25, 0.3) is 5.91 Å². The fraction of sp³-hybridized carbons (Fsp3) is 0.300. The van der Waals surface area contributed by atoms with Gasteiger partial charge in [-0.25, -0.2) is 5.48 Å². The molecule has 0 atom stereocenters. The lowest BCUT2D eigenvalue weighted by molar-refractivity contribution is -0.129. The largest absolute Gasteiger partial charge is 0.454 e. The van der Waals surface area contributed by atoms with Crippen LogP contribution in [0, 0.1) is 0 Å². The molecule has 0 aromatic heterocycles. The first kappa shape index (κ1) is 17.9. The van der Waals surface area contributed by atoms with Crippen molar-refractivity contribution in [3.8, 4) is 11.5 Å². The number of unbranched alkanes of at least 4 members (excludes halogenated alkanes) is 3. The smallest absolute Gasteiger partial charge is 0.262 e. The molecule has 3 rings (SSSR count). The van der Waals surface area contributed by atoms with Crippen LogP contribution in [0.3, 0.4) is 0 Å². The van der Waals surface area contributed by atoms with E-state index in [1.807, 2.05) is 36.4 Å². The third-order valence-corrected chi connectivity index (χ3v) is 4.40. The van der Waals surface area contributed by atoms with E-state index >= 15 is 0 Å². The van der Waals surface area contributed by atoms with Crippen molar-refractivity contribution in [2.45, 2.75) is 32.1 Å². The first-order valence-corrected chi connectivity index (χ1v) is 8.81. The fourth-order valence-corrected chi connectivity index (χ4v) is 3.06. The van der Waals surface area contributed by atoms with Crippen LogP contribution in [-0.4, -0.2) is 23.6 Å². The summed E-state index contributed by atoms with van der Waals surface area (Å²) in [6.07, 6.45) is 3.60. The van der Waals surface area contributed by atoms with Gasteiger partial charge in [0.15, 0.2) is 5.75 Å². The predicted molar refractivity (Wildman–Crippen MR) is 97.6 cm³/mol. The first-order chi connectivity index (χ1) is 12.7. The summed E-state index contributed by atoms with van der Waals surface area (Å²) in [5, 5.41) is 8.48. The Morgan fingerprint density at radius 1 is 0.962 bits per heavy atom. The molecule has 0 saturated heterocycles. The van der Waals surface area contributed by atoms with Gasteiger partial charge in [0.2, 0.25) is 5.91 Å². The van der Waals surface area contributed by atoms with Crippen molar-refractivity contribution in [2.24, 2.45) is 0 Å². The van der Waals surface area contributed by atoms with Crippen LogP contribution in [0.4, 0.5) is 5.69 Å². The van der Waals surface area contributed by atoms with Crippen LogP contribution in [0.1, 0.15) is 42.5 Å². The summed E-state index contributed by atoms with van der Waals surface area (Å²) in [5.74, 6) is 0.813. The number of anilines is 1. The number of nitrogens with one attached hydrogen (secondary N) is 1. The Hall–Kier alpha value is -2.86. The molecule has 1 heterocycles. The highest BCUT2D eigenvalue weighted by Crippen LogP contribution is 2.38. The molecule has 2 N–H and O–H groups in total. The minimum Gasteiger partial charge on any atom is -0.454 e. The van der Waals surface area contributed by atoms with Gasteiger partial charge < -0.3 is 9.64 Å². The van der Waals surface area contributed by atoms with Gasteiger partial charge in [-0.05, 0) is 37.1 Å². The summed E-state index contributed by atoms with van der Waals surface area (Å²) in [7, 11) is 0. The molecule has 0 unspecified atom stereocenters. The standard InChI is InChI=1S/C20H22N2O4/c23-19(21-25)13-3-1-2-8-14-22-16-10-5-7-12-18(16)26-17-11-6-4-9-15(17)20(22)24/h4-7,9-12,25H,1-3,8,13-14H2,(H,21,23). The molecule has 0 bridgehead atoms. The highest BCUT2D eigenvalue weighted by molar-refractivity contribution is 6.09. The molecule has 2 amide bonds. The molecular weight excluding hydrogens is 332 g/mol. The van der Waals surface area contributed by atoms with E-state index in [1.54, 1.807) is 22.5 Å². The number of fused-ring (bicyclic) bond motifs is 2. The minimum atomic E-state index is -0.365. The van der Waals surface area contributed by atoms with Crippen LogP contribution in [0.2, 0.25) is 0 Å². The fourth-order valence-electron chi connectivity index (χ4n) is 3.06. The lowest BCUT2D eigenvalue weighted by atomic mass is 10.1. The maximum atomic E-state index is 13.0. The topological polar surface area (TPSA) is 78.9 Å². The minimum absolute atomic E-state index is 0.0646. The summed E-state index contributed by atoms with van der Waals surface area (Å²) in [6.45, 7) is 0.583. The van der Waals surface area contributed by atoms with E-state index in [9.17, 15) is 9.59 Å². The zero-order chi connectivity index (χ0) is 18.4. The number of amides is 2. The van der Waals surface area contributed by atoms with Gasteiger partial charge in [-0.2, -0.15) is 0 Å². The Bertz CT molecular complexity index is 791. The first-order valence-electron chi connectivity index (χ1n) is 8.81. The molecule has 0 fully saturated rings. The van der Waals surface area contributed by atoms with E-state index in [0.29, 0.717) is 36.4 Å². The lowest BCUT2D eigenvalue weighted by Crippen LogP contribution is -2.31. The second-order valence-electron chi connectivity index (χ2n) is 6.22. The van der Waals surface area contributed by atoms with E-state index in [-0.39, 0.29) is 11.8 Å². The molecule has 6 nitrogen and oxygen atoms in total. The highest BCUT2D eigenvalue weighted by atomic mass is 16.5. The number of hydroxylamine groups is 1. The molecule has 0 radical (unpaired) electrons. The van der Waals surface area contributed by atoms with Crippen molar-refractivity contribution in [3.63, 3.8) is 0 Å². The second kappa shape index (κ2) is 8.49. The zero-order valence-electron chi connectivity index (χ0n) is 14.5. The van der Waals surface area contributed by atoms with E-state index in [0.717, 1.165) is 24.9 Å². The average molecular weight is 354 g/mol. The maximum Gasteiger partial charge on any atom is 0.262 e. The third-order valence-electron chi connectivity index (χ3n) is 4.40. The Labute approximate surface area is 152 Å². The van der Waals surface area contributed by atoms with Gasteiger partial charge in [0, 0.05) is 13.0 Å². The third kappa shape index (κ3) is 4.03. The summed E-state index contributed by atoms with van der Waals surface area (Å²) >= 11 is 0. The molecule has 1 aliphatic rings. The van der Waals surface area contributed by atoms with Crippen molar-refractivity contribution in [1.82, 2.24) is 5.48 Å². The Morgan fingerprint density at radius 3 is 2.46 bits per heavy atom. The number of nitrogens with zero attached hydrogens (tertiary/aromatic N) is 1. The Morgan fingerprint density at radius 2 is 1.65 bits per heavy atom. The van der Waals surface area contributed by atoms with E-state index in [2.05, 4.69) is 0 Å². The lowest BCUT2D eigenvalue weighted by Gasteiger charge is -2.22. The van der Waals surface area contributed by atoms with Crippen molar-refractivity contribution >= 4 is 17.5 Å². The molecule has 0 aliphatic carbocycles. The van der Waals surface area contributed by atoms with Crippen LogP contribution in [0.25, 0.3) is 0 Å². The van der Waals surface area contributed by atoms with E-state index in [1.165, 1.54) is 0 Å². The average Bonchev–Trinajstić information content (AvgIpc) is 2.79. The van der Waals surface area contributed by atoms with Crippen LogP contribution in [-0.2, 0) is 4.79 Å². The second-order valence-corrected chi connectivity index (χ2v) is 6.22. The monoisotopic (exact) mass is 354 g/mol. The Kier molecular flexibility index (Phi) is 5.86. The van der Waals surface area contributed by atoms with Gasteiger partial charge in [0.05, 0.1) is 11.3 Å². The number of hydrogen-bond acceptors (Lipinski definition) is 4. The van der Waals surface area contributed by atoms with Crippen molar-refractivity contribution in [1.29, 1.82) is 0 Å². The van der Waals surface area contributed by atoms with E-state index in [4.69, 9.17) is 9.94 Å². The van der Waals surface area contributed by atoms with Crippen LogP contribution in [0.5, 0.6) is 11.5 Å². The van der Waals surface area contributed by atoms with Crippen molar-refractivity contribution in [3.05, 3.63) is 54.1 Å². The quantitative estimate of drug-likeness (QED) is 0.449. The van der Waals surface area contributed by atoms with Gasteiger partial charge in [-0.15, -0.1) is 0 Å². The van der Waals surface area contributed by atoms with Gasteiger partial charge in [-0.1, -0.05) is 37.1 Å². The van der Waals surface area contributed by atoms with E-state index < -0.39 is 0 Å². The van der Waals surface area contributed by atoms with Crippen molar-refractivity contribution in [2.75, 3.05) is 11.4 Å². The number of para-hydroxylation sites is 3. The number of ether oxygens (including phenoxy) is 1. The van der Waals surface area contributed by atoms with Crippen LogP contribution >= 0.6 is 0 Å². The zero-order valence-corrected chi connectivity index (χ0v) is 14.5. The van der Waals surface area contributed by atoms with Crippen LogP contribution < -0.4 is 15.1 Å². The molecule has 0 spiro atoms. The highest BCUT2D eigenvalue weighted by Gasteiger charge is 2.27. The number of rotatable bonds is 7. The number of carbonyl (C=O) groups is 2.